The fraction of sp³-hybridized carbons (Fsp3) is 0.538. The molecular formula is C13H23N4O3S+. The molecule has 0 atom stereocenters. The van der Waals surface area contributed by atoms with Crippen LogP contribution in [0, 0.1) is 10.1 Å². The molecule has 0 saturated carbocycles. The van der Waals surface area contributed by atoms with Crippen LogP contribution in [0.25, 0.3) is 0 Å². The third-order valence-corrected chi connectivity index (χ3v) is 3.54. The van der Waals surface area contributed by atoms with Gasteiger partial charge in [-0.2, -0.15) is 11.8 Å². The van der Waals surface area contributed by atoms with Crippen molar-refractivity contribution in [3.63, 3.8) is 0 Å². The smallest absolute Gasteiger partial charge is 0.274 e. The molecule has 1 rings (SSSR count). The van der Waals surface area contributed by atoms with E-state index in [1.807, 2.05) is 12.1 Å². The van der Waals surface area contributed by atoms with E-state index in [-0.39, 0.29) is 0 Å². The van der Waals surface area contributed by atoms with Gasteiger partial charge in [-0.05, 0) is 12.1 Å². The first-order chi connectivity index (χ1) is 10.0. The van der Waals surface area contributed by atoms with E-state index in [1.54, 1.807) is 18.8 Å². The molecule has 0 fully saturated rings. The van der Waals surface area contributed by atoms with Crippen molar-refractivity contribution >= 4 is 11.8 Å². The predicted octanol–water partition coefficient (Wildman–Crippen LogP) is 0.0419. The van der Waals surface area contributed by atoms with Gasteiger partial charge in [0, 0.05) is 19.3 Å². The van der Waals surface area contributed by atoms with Gasteiger partial charge in [-0.15, -0.1) is 0 Å². The van der Waals surface area contributed by atoms with Gasteiger partial charge >= 0.3 is 0 Å². The Bertz CT molecular complexity index is 474. The first-order valence-electron chi connectivity index (χ1n) is 6.72. The van der Waals surface area contributed by atoms with E-state index < -0.39 is 4.92 Å². The highest BCUT2D eigenvalue weighted by Crippen LogP contribution is 2.14. The molecule has 0 aliphatic rings. The van der Waals surface area contributed by atoms with Crippen LogP contribution in [0.3, 0.4) is 0 Å². The Kier molecular flexibility index (Phi) is 7.70. The maximum atomic E-state index is 10.4. The van der Waals surface area contributed by atoms with E-state index in [4.69, 9.17) is 4.42 Å². The van der Waals surface area contributed by atoms with Crippen molar-refractivity contribution in [3.8, 4) is 0 Å². The predicted molar refractivity (Wildman–Crippen MR) is 83.5 cm³/mol. The average Bonchev–Trinajstić information content (AvgIpc) is 2.83. The largest absolute Gasteiger partial charge is 0.459 e. The van der Waals surface area contributed by atoms with Gasteiger partial charge in [0.1, 0.15) is 12.3 Å². The zero-order valence-electron chi connectivity index (χ0n) is 12.6. The maximum absolute atomic E-state index is 10.4. The molecule has 0 unspecified atom stereocenters. The summed E-state index contributed by atoms with van der Waals surface area (Å²) in [4.78, 5) is 11.2. The monoisotopic (exact) mass is 315 g/mol. The lowest BCUT2D eigenvalue weighted by Gasteiger charge is -2.07. The standard InChI is InChI=1S/C13H22N4O3S/c1-14-13(9-17(18)19)15-6-7-21-10-12-5-4-11(20-12)8-16(2)3/h4-5,9,14-15H,6-8,10H2,1-3H3/p+1/b13-9-. The van der Waals surface area contributed by atoms with Crippen LogP contribution < -0.4 is 15.5 Å². The molecule has 1 aromatic rings. The van der Waals surface area contributed by atoms with E-state index in [9.17, 15) is 10.1 Å². The number of nitrogens with zero attached hydrogens (tertiary/aromatic N) is 1. The van der Waals surface area contributed by atoms with Gasteiger partial charge < -0.3 is 20.0 Å². The van der Waals surface area contributed by atoms with Crippen LogP contribution in [0.2, 0.25) is 0 Å². The van der Waals surface area contributed by atoms with Crippen molar-refractivity contribution < 1.29 is 14.2 Å². The molecule has 0 amide bonds. The van der Waals surface area contributed by atoms with Crippen molar-refractivity contribution in [2.45, 2.75) is 12.3 Å². The summed E-state index contributed by atoms with van der Waals surface area (Å²) in [5, 5.41) is 16.1. The Labute approximate surface area is 128 Å². The molecule has 0 aromatic carbocycles. The summed E-state index contributed by atoms with van der Waals surface area (Å²) >= 11 is 1.72. The molecule has 21 heavy (non-hydrogen) atoms. The summed E-state index contributed by atoms with van der Waals surface area (Å²) in [5.41, 5.74) is 0. The molecule has 8 heteroatoms. The van der Waals surface area contributed by atoms with Crippen molar-refractivity contribution in [1.29, 1.82) is 0 Å². The van der Waals surface area contributed by atoms with Gasteiger partial charge in [-0.3, -0.25) is 10.1 Å². The molecule has 118 valence electrons. The molecular weight excluding hydrogens is 292 g/mol. The second-order valence-electron chi connectivity index (χ2n) is 4.81. The number of rotatable bonds is 10. The van der Waals surface area contributed by atoms with E-state index in [0.717, 1.165) is 35.8 Å². The summed E-state index contributed by atoms with van der Waals surface area (Å²) < 4.78 is 5.72. The summed E-state index contributed by atoms with van der Waals surface area (Å²) in [5.74, 6) is 4.01. The Hall–Kier alpha value is -1.67. The Morgan fingerprint density at radius 2 is 2.19 bits per heavy atom. The van der Waals surface area contributed by atoms with Crippen molar-refractivity contribution in [1.82, 2.24) is 10.6 Å². The first-order valence-corrected chi connectivity index (χ1v) is 7.88. The average molecular weight is 315 g/mol. The van der Waals surface area contributed by atoms with Gasteiger partial charge in [0.2, 0.25) is 0 Å². The minimum atomic E-state index is -0.483. The third kappa shape index (κ3) is 7.62. The fourth-order valence-electron chi connectivity index (χ4n) is 1.68. The zero-order valence-corrected chi connectivity index (χ0v) is 13.5. The first kappa shape index (κ1) is 17.4. The molecule has 1 aromatic heterocycles. The lowest BCUT2D eigenvalue weighted by Crippen LogP contribution is -3.04. The van der Waals surface area contributed by atoms with Gasteiger partial charge in [0.15, 0.2) is 11.6 Å². The number of furan rings is 1. The van der Waals surface area contributed by atoms with Gasteiger partial charge in [-0.1, -0.05) is 0 Å². The number of quaternary nitrogens is 1. The minimum Gasteiger partial charge on any atom is -0.459 e. The van der Waals surface area contributed by atoms with E-state index in [1.165, 1.54) is 4.90 Å². The van der Waals surface area contributed by atoms with Crippen LogP contribution in [0.15, 0.2) is 28.6 Å². The number of hydrogen-bond donors (Lipinski definition) is 3. The highest BCUT2D eigenvalue weighted by atomic mass is 32.2. The Morgan fingerprint density at radius 1 is 1.48 bits per heavy atom. The Balaban J connectivity index is 2.22. The van der Waals surface area contributed by atoms with Crippen LogP contribution in [0.1, 0.15) is 11.5 Å². The van der Waals surface area contributed by atoms with Crippen molar-refractivity contribution in [2.75, 3.05) is 33.4 Å². The third-order valence-electron chi connectivity index (χ3n) is 2.56. The lowest BCUT2D eigenvalue weighted by molar-refractivity contribution is -0.873. The highest BCUT2D eigenvalue weighted by molar-refractivity contribution is 7.98. The van der Waals surface area contributed by atoms with E-state index in [2.05, 4.69) is 24.7 Å². The topological polar surface area (TPSA) is 84.8 Å². The van der Waals surface area contributed by atoms with E-state index >= 15 is 0 Å². The molecule has 7 nitrogen and oxygen atoms in total. The number of nitro groups is 1. The second-order valence-corrected chi connectivity index (χ2v) is 5.91. The SMILES string of the molecule is CN/C(=C/[N+](=O)[O-])NCCSCc1ccc(C[NH+](C)C)o1. The summed E-state index contributed by atoms with van der Waals surface area (Å²) in [6.07, 6.45) is 0.924. The van der Waals surface area contributed by atoms with Crippen LogP contribution in [0.5, 0.6) is 0 Å². The number of nitrogens with one attached hydrogen (secondary N) is 3. The minimum absolute atomic E-state index is 0.412. The summed E-state index contributed by atoms with van der Waals surface area (Å²) in [6, 6.07) is 4.02. The molecule has 0 aliphatic carbocycles. The summed E-state index contributed by atoms with van der Waals surface area (Å²) in [6.45, 7) is 1.53. The molecule has 0 radical (unpaired) electrons. The maximum Gasteiger partial charge on any atom is 0.274 e. The number of thioether (sulfide) groups is 1. The Morgan fingerprint density at radius 3 is 2.81 bits per heavy atom. The van der Waals surface area contributed by atoms with E-state index in [0.29, 0.717) is 12.4 Å². The summed E-state index contributed by atoms with van der Waals surface area (Å²) in [7, 11) is 5.81. The number of hydrogen-bond acceptors (Lipinski definition) is 6. The lowest BCUT2D eigenvalue weighted by atomic mass is 10.4. The van der Waals surface area contributed by atoms with Gasteiger partial charge in [0.25, 0.3) is 6.20 Å². The fourth-order valence-corrected chi connectivity index (χ4v) is 2.43. The molecule has 3 N–H and O–H groups in total. The normalized spacial score (nSPS) is 11.7. The second kappa shape index (κ2) is 9.30. The van der Waals surface area contributed by atoms with Crippen LogP contribution >= 0.6 is 11.8 Å². The quantitative estimate of drug-likeness (QED) is 0.321. The zero-order chi connectivity index (χ0) is 15.7. The molecule has 0 spiro atoms. The van der Waals surface area contributed by atoms with Crippen molar-refractivity contribution in [3.05, 3.63) is 45.8 Å². The molecule has 1 heterocycles. The molecule has 0 saturated heterocycles. The van der Waals surface area contributed by atoms with Crippen LogP contribution in [0.4, 0.5) is 0 Å². The highest BCUT2D eigenvalue weighted by Gasteiger charge is 2.05. The molecule has 0 bridgehead atoms. The van der Waals surface area contributed by atoms with Gasteiger partial charge in [0.05, 0.1) is 24.8 Å². The molecule has 0 aliphatic heterocycles. The van der Waals surface area contributed by atoms with Crippen molar-refractivity contribution in [2.24, 2.45) is 0 Å². The van der Waals surface area contributed by atoms with Gasteiger partial charge in [-0.25, -0.2) is 0 Å². The van der Waals surface area contributed by atoms with Crippen LogP contribution in [-0.2, 0) is 12.3 Å². The van der Waals surface area contributed by atoms with Crippen LogP contribution in [-0.4, -0.2) is 38.4 Å².